The Morgan fingerprint density at radius 3 is 2.30 bits per heavy atom. The number of nitrogens with zero attached hydrogens (tertiary/aromatic N) is 2. The summed E-state index contributed by atoms with van der Waals surface area (Å²) in [6.45, 7) is 1.37. The molecular formula is C31H27F4N3O2. The zero-order valence-electron chi connectivity index (χ0n) is 21.6. The lowest BCUT2D eigenvalue weighted by molar-refractivity contribution is -0.139. The van der Waals surface area contributed by atoms with Crippen LogP contribution in [0.4, 0.5) is 28.9 Å². The minimum Gasteiger partial charge on any atom is -0.490 e. The fourth-order valence-electron chi connectivity index (χ4n) is 5.47. The lowest BCUT2D eigenvalue weighted by Gasteiger charge is -2.30. The van der Waals surface area contributed by atoms with Gasteiger partial charge >= 0.3 is 6.18 Å². The lowest BCUT2D eigenvalue weighted by Crippen LogP contribution is -2.25. The molecule has 1 N–H and O–H groups in total. The molecule has 2 heterocycles. The van der Waals surface area contributed by atoms with Gasteiger partial charge in [0, 0.05) is 41.7 Å². The molecule has 0 radical (unpaired) electrons. The summed E-state index contributed by atoms with van der Waals surface area (Å²) in [6.07, 6.45) is 0.130. The number of halogens is 4. The normalized spacial score (nSPS) is 16.5. The Hall–Kier alpha value is -4.03. The lowest BCUT2D eigenvalue weighted by atomic mass is 9.92. The molecule has 1 aromatic heterocycles. The molecule has 3 aromatic carbocycles. The average Bonchev–Trinajstić information content (AvgIpc) is 3.22. The summed E-state index contributed by atoms with van der Waals surface area (Å²) < 4.78 is 67.1. The van der Waals surface area contributed by atoms with Gasteiger partial charge in [0.15, 0.2) is 0 Å². The monoisotopic (exact) mass is 549 g/mol. The number of nitrogens with one attached hydrogen (secondary N) is 1. The first-order chi connectivity index (χ1) is 19.3. The number of hydrogen-bond acceptors (Lipinski definition) is 4. The summed E-state index contributed by atoms with van der Waals surface area (Å²) in [5.41, 5.74) is 2.52. The molecule has 0 bridgehead atoms. The van der Waals surface area contributed by atoms with Gasteiger partial charge in [-0.15, -0.1) is 0 Å². The summed E-state index contributed by atoms with van der Waals surface area (Å²) in [7, 11) is 0. The smallest absolute Gasteiger partial charge is 0.419 e. The summed E-state index contributed by atoms with van der Waals surface area (Å²) in [6, 6.07) is 18.6. The van der Waals surface area contributed by atoms with E-state index < -0.39 is 17.6 Å². The van der Waals surface area contributed by atoms with Crippen LogP contribution in [-0.2, 0) is 10.9 Å². The van der Waals surface area contributed by atoms with Crippen LogP contribution in [0.3, 0.4) is 0 Å². The van der Waals surface area contributed by atoms with Gasteiger partial charge in [0.2, 0.25) is 0 Å². The van der Waals surface area contributed by atoms with Crippen LogP contribution in [0.1, 0.15) is 49.3 Å². The molecule has 2 aliphatic rings. The summed E-state index contributed by atoms with van der Waals surface area (Å²) in [4.78, 5) is 0. The van der Waals surface area contributed by atoms with Crippen LogP contribution in [0.15, 0.2) is 60.7 Å². The third-order valence-electron chi connectivity index (χ3n) is 7.72. The number of anilines is 2. The van der Waals surface area contributed by atoms with Crippen LogP contribution in [0.25, 0.3) is 22.2 Å². The van der Waals surface area contributed by atoms with Crippen molar-refractivity contribution in [3.8, 4) is 23.1 Å². The quantitative estimate of drug-likeness (QED) is 0.246. The third-order valence-corrected chi connectivity index (χ3v) is 7.72. The van der Waals surface area contributed by atoms with Crippen molar-refractivity contribution in [1.82, 2.24) is 4.57 Å². The fraction of sp³-hybridized carbons (Fsp3) is 0.323. The zero-order chi connectivity index (χ0) is 27.9. The number of fused-ring (bicyclic) bond motifs is 1. The van der Waals surface area contributed by atoms with Crippen molar-refractivity contribution >= 4 is 22.3 Å². The van der Waals surface area contributed by atoms with Gasteiger partial charge in [-0.2, -0.15) is 18.4 Å². The van der Waals surface area contributed by atoms with Gasteiger partial charge in [-0.25, -0.2) is 4.39 Å². The summed E-state index contributed by atoms with van der Waals surface area (Å²) in [5.74, 6) is -0.548. The van der Waals surface area contributed by atoms with E-state index in [2.05, 4.69) is 16.0 Å². The maximum absolute atomic E-state index is 13.7. The Balaban J connectivity index is 1.35. The van der Waals surface area contributed by atoms with Crippen LogP contribution in [0.5, 0.6) is 5.75 Å². The highest BCUT2D eigenvalue weighted by molar-refractivity contribution is 5.95. The number of nitriles is 1. The number of alkyl halides is 3. The molecule has 40 heavy (non-hydrogen) atoms. The molecule has 0 atom stereocenters. The number of hydrogen-bond donors (Lipinski definition) is 1. The molecule has 1 saturated heterocycles. The molecule has 1 aliphatic carbocycles. The van der Waals surface area contributed by atoms with E-state index in [4.69, 9.17) is 9.47 Å². The van der Waals surface area contributed by atoms with E-state index in [0.717, 1.165) is 72.1 Å². The molecule has 206 valence electrons. The van der Waals surface area contributed by atoms with Crippen LogP contribution < -0.4 is 10.1 Å². The van der Waals surface area contributed by atoms with E-state index in [1.165, 1.54) is 6.07 Å². The standard InChI is InChI=1S/C31H27F4N3O2/c32-28-11-8-21(16-27(28)31(33,34)35)37-20-6-4-19(5-7-20)30-26(18-36)25-10-9-24(40-23-12-14-39-15-13-23)17-29(25)38(30)22-2-1-3-22/h4-11,16-17,22-23,37H,1-3,12-15H2. The molecular weight excluding hydrogens is 522 g/mol. The minimum atomic E-state index is -4.79. The fourth-order valence-corrected chi connectivity index (χ4v) is 5.47. The molecule has 1 saturated carbocycles. The van der Waals surface area contributed by atoms with E-state index >= 15 is 0 Å². The average molecular weight is 550 g/mol. The third kappa shape index (κ3) is 5.00. The van der Waals surface area contributed by atoms with Crippen molar-refractivity contribution in [2.24, 2.45) is 0 Å². The Kier molecular flexibility index (Phi) is 6.88. The molecule has 4 aromatic rings. The Labute approximate surface area is 228 Å². The number of ether oxygens (including phenoxy) is 2. The molecule has 0 amide bonds. The number of benzene rings is 3. The maximum Gasteiger partial charge on any atom is 0.419 e. The topological polar surface area (TPSA) is 59.2 Å². The van der Waals surface area contributed by atoms with E-state index in [-0.39, 0.29) is 17.8 Å². The minimum absolute atomic E-state index is 0.0987. The second-order valence-electron chi connectivity index (χ2n) is 10.3. The molecule has 2 fully saturated rings. The van der Waals surface area contributed by atoms with Crippen molar-refractivity contribution in [3.05, 3.63) is 77.6 Å². The summed E-state index contributed by atoms with van der Waals surface area (Å²) >= 11 is 0. The van der Waals surface area contributed by atoms with Gasteiger partial charge in [-0.1, -0.05) is 12.1 Å². The van der Waals surface area contributed by atoms with Gasteiger partial charge in [0.1, 0.15) is 23.7 Å². The number of rotatable bonds is 6. The molecule has 1 aliphatic heterocycles. The molecule has 9 heteroatoms. The van der Waals surface area contributed by atoms with E-state index in [1.807, 2.05) is 30.3 Å². The largest absolute Gasteiger partial charge is 0.490 e. The van der Waals surface area contributed by atoms with Crippen LogP contribution in [0, 0.1) is 17.1 Å². The predicted octanol–water partition coefficient (Wildman–Crippen LogP) is 8.36. The molecule has 0 unspecified atom stereocenters. The maximum atomic E-state index is 13.7. The first-order valence-electron chi connectivity index (χ1n) is 13.4. The first-order valence-corrected chi connectivity index (χ1v) is 13.4. The van der Waals surface area contributed by atoms with Crippen molar-refractivity contribution in [1.29, 1.82) is 5.26 Å². The molecule has 5 nitrogen and oxygen atoms in total. The van der Waals surface area contributed by atoms with Crippen LogP contribution >= 0.6 is 0 Å². The van der Waals surface area contributed by atoms with E-state index in [1.54, 1.807) is 12.1 Å². The van der Waals surface area contributed by atoms with E-state index in [0.29, 0.717) is 24.5 Å². The van der Waals surface area contributed by atoms with Gasteiger partial charge in [0.05, 0.1) is 35.6 Å². The first kappa shape index (κ1) is 26.2. The Bertz CT molecular complexity index is 1580. The Morgan fingerprint density at radius 2 is 1.65 bits per heavy atom. The van der Waals surface area contributed by atoms with Crippen LogP contribution in [0.2, 0.25) is 0 Å². The predicted molar refractivity (Wildman–Crippen MR) is 144 cm³/mol. The molecule has 6 rings (SSSR count). The highest BCUT2D eigenvalue weighted by Crippen LogP contribution is 2.44. The van der Waals surface area contributed by atoms with Crippen LogP contribution in [-0.4, -0.2) is 23.9 Å². The Morgan fingerprint density at radius 1 is 0.925 bits per heavy atom. The highest BCUT2D eigenvalue weighted by atomic mass is 19.4. The van der Waals surface area contributed by atoms with Crippen molar-refractivity contribution < 1.29 is 27.0 Å². The van der Waals surface area contributed by atoms with Gasteiger partial charge in [-0.3, -0.25) is 0 Å². The van der Waals surface area contributed by atoms with Crippen molar-refractivity contribution in [2.45, 2.75) is 50.4 Å². The van der Waals surface area contributed by atoms with Gasteiger partial charge in [0.25, 0.3) is 0 Å². The zero-order valence-corrected chi connectivity index (χ0v) is 21.6. The summed E-state index contributed by atoms with van der Waals surface area (Å²) in [5, 5.41) is 14.0. The van der Waals surface area contributed by atoms with E-state index in [9.17, 15) is 22.8 Å². The second kappa shape index (κ2) is 10.5. The van der Waals surface area contributed by atoms with Gasteiger partial charge < -0.3 is 19.4 Å². The second-order valence-corrected chi connectivity index (χ2v) is 10.3. The molecule has 0 spiro atoms. The van der Waals surface area contributed by atoms with Crippen molar-refractivity contribution in [3.63, 3.8) is 0 Å². The van der Waals surface area contributed by atoms with Gasteiger partial charge in [-0.05, 0) is 67.3 Å². The number of aromatic nitrogens is 1. The highest BCUT2D eigenvalue weighted by Gasteiger charge is 2.34. The SMILES string of the molecule is N#Cc1c(-c2ccc(Nc3ccc(F)c(C(F)(F)F)c3)cc2)n(C2CCC2)c2cc(OC3CCOCC3)ccc12. The van der Waals surface area contributed by atoms with Crippen molar-refractivity contribution in [2.75, 3.05) is 18.5 Å².